The van der Waals surface area contributed by atoms with E-state index in [-0.39, 0.29) is 18.3 Å². The van der Waals surface area contributed by atoms with Gasteiger partial charge in [-0.25, -0.2) is 8.78 Å². The number of nitrogens with two attached hydrogens (primary N) is 1. The zero-order valence-electron chi connectivity index (χ0n) is 9.53. The first-order chi connectivity index (χ1) is 8.43. The summed E-state index contributed by atoms with van der Waals surface area (Å²) in [5.41, 5.74) is 4.20. The molecule has 6 heteroatoms. The maximum atomic E-state index is 13.3. The van der Waals surface area contributed by atoms with E-state index in [0.29, 0.717) is 12.8 Å². The van der Waals surface area contributed by atoms with E-state index in [9.17, 15) is 13.6 Å². The number of ether oxygens (including phenoxy) is 1. The van der Waals surface area contributed by atoms with Crippen LogP contribution in [0.4, 0.5) is 8.78 Å². The molecular weight excluding hydrogens is 244 g/mol. The number of carbonyl (C=O) groups is 1. The zero-order valence-corrected chi connectivity index (χ0v) is 9.53. The molecule has 18 heavy (non-hydrogen) atoms. The number of carboxylic acid groups (broad SMARTS) is 1. The Hall–Kier alpha value is -1.69. The van der Waals surface area contributed by atoms with Gasteiger partial charge in [-0.3, -0.25) is 4.79 Å². The van der Waals surface area contributed by atoms with Crippen molar-refractivity contribution in [1.82, 2.24) is 0 Å². The van der Waals surface area contributed by atoms with Gasteiger partial charge in [0, 0.05) is 6.07 Å². The maximum absolute atomic E-state index is 13.3. The predicted molar refractivity (Wildman–Crippen MR) is 59.1 cm³/mol. The number of halogens is 2. The van der Waals surface area contributed by atoms with Crippen LogP contribution in [0.1, 0.15) is 12.8 Å². The Labute approximate surface area is 102 Å². The third-order valence-electron chi connectivity index (χ3n) is 3.06. The second kappa shape index (κ2) is 4.53. The second-order valence-corrected chi connectivity index (χ2v) is 4.48. The summed E-state index contributed by atoms with van der Waals surface area (Å²) in [6.07, 6.45) is 1.41. The Balaban J connectivity index is 2.10. The van der Waals surface area contributed by atoms with Crippen molar-refractivity contribution in [1.29, 1.82) is 0 Å². The van der Waals surface area contributed by atoms with Crippen molar-refractivity contribution in [3.05, 3.63) is 29.8 Å². The molecule has 0 radical (unpaired) electrons. The third kappa shape index (κ3) is 2.43. The molecule has 1 atom stereocenters. The van der Waals surface area contributed by atoms with Gasteiger partial charge in [-0.15, -0.1) is 0 Å². The van der Waals surface area contributed by atoms with Crippen molar-refractivity contribution in [2.75, 3.05) is 6.61 Å². The molecular formula is C12H13F2NO3. The van der Waals surface area contributed by atoms with Crippen LogP contribution in [0.15, 0.2) is 18.2 Å². The summed E-state index contributed by atoms with van der Waals surface area (Å²) in [6, 6.07) is 2.74. The van der Waals surface area contributed by atoms with Gasteiger partial charge in [0.05, 0.1) is 0 Å². The maximum Gasteiger partial charge on any atom is 0.327 e. The quantitative estimate of drug-likeness (QED) is 0.839. The Bertz CT molecular complexity index is 476. The normalized spacial score (nSPS) is 18.2. The van der Waals surface area contributed by atoms with E-state index in [2.05, 4.69) is 0 Å². The lowest BCUT2D eigenvalue weighted by Crippen LogP contribution is -2.54. The monoisotopic (exact) mass is 257 g/mol. The number of carboxylic acids is 1. The van der Waals surface area contributed by atoms with Gasteiger partial charge < -0.3 is 15.6 Å². The standard InChI is InChI=1S/C12H13F2NO3/c13-8-3-4-9(14)10(5-8)18-6-12(15,11(16)17)7-1-2-7/h3-5,7H,1-2,6,15H2,(H,16,17). The Morgan fingerprint density at radius 3 is 2.72 bits per heavy atom. The molecule has 0 spiro atoms. The van der Waals surface area contributed by atoms with Gasteiger partial charge in [-0.05, 0) is 30.9 Å². The van der Waals surface area contributed by atoms with Crippen LogP contribution < -0.4 is 10.5 Å². The third-order valence-corrected chi connectivity index (χ3v) is 3.06. The fraction of sp³-hybridized carbons (Fsp3) is 0.417. The van der Waals surface area contributed by atoms with E-state index in [1.807, 2.05) is 0 Å². The van der Waals surface area contributed by atoms with E-state index in [4.69, 9.17) is 15.6 Å². The lowest BCUT2D eigenvalue weighted by atomic mass is 9.96. The van der Waals surface area contributed by atoms with E-state index < -0.39 is 23.1 Å². The average molecular weight is 257 g/mol. The fourth-order valence-electron chi connectivity index (χ4n) is 1.74. The van der Waals surface area contributed by atoms with Crippen molar-refractivity contribution >= 4 is 5.97 Å². The molecule has 4 nitrogen and oxygen atoms in total. The number of benzene rings is 1. The van der Waals surface area contributed by atoms with Gasteiger partial charge in [0.15, 0.2) is 17.1 Å². The van der Waals surface area contributed by atoms with E-state index >= 15 is 0 Å². The molecule has 1 aromatic carbocycles. The van der Waals surface area contributed by atoms with E-state index in [1.54, 1.807) is 0 Å². The van der Waals surface area contributed by atoms with Crippen LogP contribution >= 0.6 is 0 Å². The average Bonchev–Trinajstić information content (AvgIpc) is 3.14. The van der Waals surface area contributed by atoms with Crippen LogP contribution in [0.25, 0.3) is 0 Å². The summed E-state index contributed by atoms with van der Waals surface area (Å²) in [4.78, 5) is 11.1. The summed E-state index contributed by atoms with van der Waals surface area (Å²) in [5, 5.41) is 9.07. The molecule has 1 aromatic rings. The molecule has 0 saturated heterocycles. The molecule has 2 rings (SSSR count). The van der Waals surface area contributed by atoms with Crippen LogP contribution in [0.5, 0.6) is 5.75 Å². The summed E-state index contributed by atoms with van der Waals surface area (Å²) >= 11 is 0. The SMILES string of the molecule is NC(COc1cc(F)ccc1F)(C(=O)O)C1CC1. The molecule has 98 valence electrons. The highest BCUT2D eigenvalue weighted by molar-refractivity contribution is 5.79. The molecule has 3 N–H and O–H groups in total. The summed E-state index contributed by atoms with van der Waals surface area (Å²) in [6.45, 7) is -0.382. The summed E-state index contributed by atoms with van der Waals surface area (Å²) in [5.74, 6) is -3.10. The highest BCUT2D eigenvalue weighted by atomic mass is 19.1. The minimum absolute atomic E-state index is 0.174. The van der Waals surface area contributed by atoms with Gasteiger partial charge in [-0.1, -0.05) is 0 Å². The van der Waals surface area contributed by atoms with Gasteiger partial charge in [0.25, 0.3) is 0 Å². The number of rotatable bonds is 5. The molecule has 1 saturated carbocycles. The molecule has 0 amide bonds. The highest BCUT2D eigenvalue weighted by Gasteiger charge is 2.49. The predicted octanol–water partition coefficient (Wildman–Crippen LogP) is 1.54. The molecule has 1 unspecified atom stereocenters. The van der Waals surface area contributed by atoms with Crippen LogP contribution in [0, 0.1) is 17.6 Å². The van der Waals surface area contributed by atoms with Crippen LogP contribution in [0.2, 0.25) is 0 Å². The van der Waals surface area contributed by atoms with Crippen molar-refractivity contribution < 1.29 is 23.4 Å². The first-order valence-corrected chi connectivity index (χ1v) is 5.53. The van der Waals surface area contributed by atoms with Crippen LogP contribution in [-0.2, 0) is 4.79 Å². The minimum atomic E-state index is -1.54. The lowest BCUT2D eigenvalue weighted by Gasteiger charge is -2.24. The van der Waals surface area contributed by atoms with Crippen molar-refractivity contribution in [2.45, 2.75) is 18.4 Å². The molecule has 0 aromatic heterocycles. The fourth-order valence-corrected chi connectivity index (χ4v) is 1.74. The van der Waals surface area contributed by atoms with Gasteiger partial charge in [-0.2, -0.15) is 0 Å². The minimum Gasteiger partial charge on any atom is -0.488 e. The Kier molecular flexibility index (Phi) is 3.21. The molecule has 1 aliphatic carbocycles. The lowest BCUT2D eigenvalue weighted by molar-refractivity contribution is -0.145. The largest absolute Gasteiger partial charge is 0.488 e. The molecule has 1 aliphatic rings. The second-order valence-electron chi connectivity index (χ2n) is 4.48. The first kappa shape index (κ1) is 12.8. The van der Waals surface area contributed by atoms with Crippen LogP contribution in [-0.4, -0.2) is 23.2 Å². The molecule has 0 aliphatic heterocycles. The van der Waals surface area contributed by atoms with Gasteiger partial charge in [0.2, 0.25) is 0 Å². The summed E-state index contributed by atoms with van der Waals surface area (Å²) < 4.78 is 31.2. The number of aliphatic carboxylic acids is 1. The van der Waals surface area contributed by atoms with Crippen molar-refractivity contribution in [3.63, 3.8) is 0 Å². The highest BCUT2D eigenvalue weighted by Crippen LogP contribution is 2.39. The van der Waals surface area contributed by atoms with E-state index in [0.717, 1.165) is 18.2 Å². The summed E-state index contributed by atoms with van der Waals surface area (Å²) in [7, 11) is 0. The topological polar surface area (TPSA) is 72.5 Å². The van der Waals surface area contributed by atoms with Crippen LogP contribution in [0.3, 0.4) is 0 Å². The van der Waals surface area contributed by atoms with Gasteiger partial charge in [0.1, 0.15) is 12.4 Å². The smallest absolute Gasteiger partial charge is 0.327 e. The zero-order chi connectivity index (χ0) is 13.3. The first-order valence-electron chi connectivity index (χ1n) is 5.53. The Morgan fingerprint density at radius 1 is 1.50 bits per heavy atom. The van der Waals surface area contributed by atoms with Crippen molar-refractivity contribution in [3.8, 4) is 5.75 Å². The molecule has 0 bridgehead atoms. The van der Waals surface area contributed by atoms with Gasteiger partial charge >= 0.3 is 5.97 Å². The van der Waals surface area contributed by atoms with E-state index in [1.165, 1.54) is 0 Å². The molecule has 0 heterocycles. The van der Waals surface area contributed by atoms with Crippen molar-refractivity contribution in [2.24, 2.45) is 11.7 Å². The Morgan fingerprint density at radius 2 is 2.17 bits per heavy atom. The molecule has 1 fully saturated rings. The number of hydrogen-bond acceptors (Lipinski definition) is 3. The number of hydrogen-bond donors (Lipinski definition) is 2.